The number of nitrogens with zero attached hydrogens (tertiary/aromatic N) is 4. The third kappa shape index (κ3) is 3.86. The highest BCUT2D eigenvalue weighted by atomic mass is 32.2. The summed E-state index contributed by atoms with van der Waals surface area (Å²) >= 11 is 5.06. The zero-order valence-electron chi connectivity index (χ0n) is 13.6. The molecule has 0 atom stereocenters. The zero-order valence-corrected chi connectivity index (χ0v) is 16.0. The van der Waals surface area contributed by atoms with Crippen molar-refractivity contribution in [2.75, 3.05) is 0 Å². The van der Waals surface area contributed by atoms with Crippen molar-refractivity contribution in [1.29, 1.82) is 0 Å². The molecule has 0 N–H and O–H groups in total. The van der Waals surface area contributed by atoms with Crippen molar-refractivity contribution in [2.45, 2.75) is 30.8 Å². The third-order valence-electron chi connectivity index (χ3n) is 3.72. The van der Waals surface area contributed by atoms with Gasteiger partial charge in [0.1, 0.15) is 12.1 Å². The summed E-state index contributed by atoms with van der Waals surface area (Å²) in [4.78, 5) is 7.06. The number of aryl methyl sites for hydroxylation is 3. The molecular formula is C17H16N4OS3. The maximum Gasteiger partial charge on any atom is 0.236 e. The summed E-state index contributed by atoms with van der Waals surface area (Å²) in [7, 11) is 0. The van der Waals surface area contributed by atoms with Crippen LogP contribution >= 0.6 is 34.4 Å². The molecule has 25 heavy (non-hydrogen) atoms. The SMILES string of the molecule is Cc1oc(-c2cccs2)nc1CSc1nncn1CCc1cccs1. The third-order valence-corrected chi connectivity index (χ3v) is 6.51. The Kier molecular flexibility index (Phi) is 5.00. The van der Waals surface area contributed by atoms with E-state index < -0.39 is 0 Å². The average molecular weight is 389 g/mol. The molecule has 0 spiro atoms. The molecule has 0 fully saturated rings. The van der Waals surface area contributed by atoms with Crippen molar-refractivity contribution in [3.05, 3.63) is 57.7 Å². The fourth-order valence-electron chi connectivity index (χ4n) is 2.40. The summed E-state index contributed by atoms with van der Waals surface area (Å²) in [5.41, 5.74) is 0.959. The second-order valence-electron chi connectivity index (χ2n) is 5.42. The van der Waals surface area contributed by atoms with Gasteiger partial charge in [-0.05, 0) is 36.2 Å². The number of aromatic nitrogens is 4. The van der Waals surface area contributed by atoms with Gasteiger partial charge in [0.25, 0.3) is 0 Å². The normalized spacial score (nSPS) is 11.2. The first kappa shape index (κ1) is 16.6. The van der Waals surface area contributed by atoms with Crippen LogP contribution in [0.3, 0.4) is 0 Å². The molecule has 0 radical (unpaired) electrons. The highest BCUT2D eigenvalue weighted by molar-refractivity contribution is 7.98. The lowest BCUT2D eigenvalue weighted by Crippen LogP contribution is -2.01. The lowest BCUT2D eigenvalue weighted by Gasteiger charge is -2.04. The first-order chi connectivity index (χ1) is 12.3. The Labute approximate surface area is 157 Å². The van der Waals surface area contributed by atoms with Crippen LogP contribution in [-0.2, 0) is 18.7 Å². The van der Waals surface area contributed by atoms with E-state index in [1.54, 1.807) is 40.8 Å². The standard InChI is InChI=1S/C17H16N4OS3/c1-12-14(19-16(22-12)15-5-3-9-24-15)10-25-17-20-18-11-21(17)7-6-13-4-2-8-23-13/h2-5,8-9,11H,6-7,10H2,1H3. The van der Waals surface area contributed by atoms with Crippen LogP contribution in [0, 0.1) is 6.92 Å². The van der Waals surface area contributed by atoms with Gasteiger partial charge in [0.2, 0.25) is 5.89 Å². The molecule has 4 rings (SSSR count). The first-order valence-corrected chi connectivity index (χ1v) is 10.6. The van der Waals surface area contributed by atoms with Gasteiger partial charge < -0.3 is 8.98 Å². The van der Waals surface area contributed by atoms with E-state index in [2.05, 4.69) is 37.3 Å². The monoisotopic (exact) mass is 388 g/mol. The van der Waals surface area contributed by atoms with Gasteiger partial charge in [-0.1, -0.05) is 23.9 Å². The van der Waals surface area contributed by atoms with Crippen molar-refractivity contribution in [1.82, 2.24) is 19.7 Å². The Morgan fingerprint density at radius 3 is 2.88 bits per heavy atom. The molecule has 4 aromatic heterocycles. The van der Waals surface area contributed by atoms with Gasteiger partial charge in [-0.25, -0.2) is 4.98 Å². The molecule has 0 aromatic carbocycles. The summed E-state index contributed by atoms with van der Waals surface area (Å²) in [5, 5.41) is 13.3. The molecule has 0 saturated heterocycles. The summed E-state index contributed by atoms with van der Waals surface area (Å²) in [6, 6.07) is 8.27. The van der Waals surface area contributed by atoms with Gasteiger partial charge in [0, 0.05) is 17.2 Å². The molecule has 4 heterocycles. The smallest absolute Gasteiger partial charge is 0.236 e. The molecule has 5 nitrogen and oxygen atoms in total. The van der Waals surface area contributed by atoms with E-state index in [-0.39, 0.29) is 0 Å². The van der Waals surface area contributed by atoms with Crippen LogP contribution in [0.4, 0.5) is 0 Å². The van der Waals surface area contributed by atoms with Crippen molar-refractivity contribution >= 4 is 34.4 Å². The quantitative estimate of drug-likeness (QED) is 0.422. The van der Waals surface area contributed by atoms with Crippen LogP contribution in [-0.4, -0.2) is 19.7 Å². The minimum absolute atomic E-state index is 0.697. The number of hydrogen-bond acceptors (Lipinski definition) is 7. The van der Waals surface area contributed by atoms with E-state index in [0.29, 0.717) is 5.89 Å². The molecule has 4 aromatic rings. The molecule has 0 saturated carbocycles. The highest BCUT2D eigenvalue weighted by Crippen LogP contribution is 2.29. The molecule has 0 aliphatic rings. The van der Waals surface area contributed by atoms with E-state index >= 15 is 0 Å². The van der Waals surface area contributed by atoms with E-state index in [9.17, 15) is 0 Å². The Bertz CT molecular complexity index is 925. The number of oxazole rings is 1. The van der Waals surface area contributed by atoms with Crippen molar-refractivity contribution in [3.63, 3.8) is 0 Å². The predicted octanol–water partition coefficient (Wildman–Crippen LogP) is 4.90. The zero-order chi connectivity index (χ0) is 17.1. The second-order valence-corrected chi connectivity index (χ2v) is 8.35. The average Bonchev–Trinajstić information content (AvgIpc) is 3.38. The Morgan fingerprint density at radius 2 is 2.08 bits per heavy atom. The Balaban J connectivity index is 1.41. The van der Waals surface area contributed by atoms with Gasteiger partial charge >= 0.3 is 0 Å². The molecule has 0 aliphatic carbocycles. The minimum atomic E-state index is 0.697. The maximum absolute atomic E-state index is 5.80. The van der Waals surface area contributed by atoms with Gasteiger partial charge in [-0.3, -0.25) is 0 Å². The van der Waals surface area contributed by atoms with Crippen LogP contribution in [0.25, 0.3) is 10.8 Å². The van der Waals surface area contributed by atoms with E-state index in [1.165, 1.54) is 4.88 Å². The molecule has 0 bridgehead atoms. The maximum atomic E-state index is 5.80. The molecular weight excluding hydrogens is 372 g/mol. The molecule has 8 heteroatoms. The summed E-state index contributed by atoms with van der Waals surface area (Å²) < 4.78 is 7.90. The van der Waals surface area contributed by atoms with E-state index in [1.807, 2.05) is 24.4 Å². The van der Waals surface area contributed by atoms with Crippen LogP contribution in [0.1, 0.15) is 16.3 Å². The van der Waals surface area contributed by atoms with Crippen molar-refractivity contribution in [3.8, 4) is 10.8 Å². The fourth-order valence-corrected chi connectivity index (χ4v) is 4.69. The number of thiophene rings is 2. The lowest BCUT2D eigenvalue weighted by molar-refractivity contribution is 0.542. The fraction of sp³-hybridized carbons (Fsp3) is 0.235. The molecule has 0 aliphatic heterocycles. The number of hydrogen-bond donors (Lipinski definition) is 0. The summed E-state index contributed by atoms with van der Waals surface area (Å²) in [5.74, 6) is 2.28. The van der Waals surface area contributed by atoms with Crippen LogP contribution < -0.4 is 0 Å². The van der Waals surface area contributed by atoms with E-state index in [0.717, 1.165) is 40.2 Å². The minimum Gasteiger partial charge on any atom is -0.440 e. The highest BCUT2D eigenvalue weighted by Gasteiger charge is 2.14. The largest absolute Gasteiger partial charge is 0.440 e. The van der Waals surface area contributed by atoms with Gasteiger partial charge in [-0.15, -0.1) is 32.9 Å². The van der Waals surface area contributed by atoms with Gasteiger partial charge in [0.15, 0.2) is 5.16 Å². The topological polar surface area (TPSA) is 56.7 Å². The first-order valence-electron chi connectivity index (χ1n) is 7.83. The van der Waals surface area contributed by atoms with Gasteiger partial charge in [0.05, 0.1) is 10.6 Å². The number of rotatable bonds is 7. The lowest BCUT2D eigenvalue weighted by atomic mass is 10.3. The number of thioether (sulfide) groups is 1. The van der Waals surface area contributed by atoms with Crippen LogP contribution in [0.5, 0.6) is 0 Å². The molecule has 128 valence electrons. The Hall–Kier alpha value is -1.90. The van der Waals surface area contributed by atoms with Crippen molar-refractivity contribution < 1.29 is 4.42 Å². The Morgan fingerprint density at radius 1 is 1.20 bits per heavy atom. The van der Waals surface area contributed by atoms with E-state index in [4.69, 9.17) is 4.42 Å². The summed E-state index contributed by atoms with van der Waals surface area (Å²) in [6.07, 6.45) is 2.79. The van der Waals surface area contributed by atoms with Crippen molar-refractivity contribution in [2.24, 2.45) is 0 Å². The molecule has 0 amide bonds. The second kappa shape index (κ2) is 7.55. The van der Waals surface area contributed by atoms with Gasteiger partial charge in [-0.2, -0.15) is 0 Å². The summed E-state index contributed by atoms with van der Waals surface area (Å²) in [6.45, 7) is 2.84. The van der Waals surface area contributed by atoms with Crippen LogP contribution in [0.15, 0.2) is 50.9 Å². The molecule has 0 unspecified atom stereocenters. The van der Waals surface area contributed by atoms with Crippen LogP contribution in [0.2, 0.25) is 0 Å². The predicted molar refractivity (Wildman–Crippen MR) is 102 cm³/mol.